The van der Waals surface area contributed by atoms with Gasteiger partial charge in [-0.2, -0.15) is 0 Å². The van der Waals surface area contributed by atoms with E-state index < -0.39 is 0 Å². The van der Waals surface area contributed by atoms with Gasteiger partial charge in [-0.25, -0.2) is 4.98 Å². The first-order valence-electron chi connectivity index (χ1n) is 8.41. The average Bonchev–Trinajstić information content (AvgIpc) is 3.15. The van der Waals surface area contributed by atoms with Crippen molar-refractivity contribution in [2.75, 3.05) is 36.5 Å². The molecule has 2 atom stereocenters. The van der Waals surface area contributed by atoms with E-state index in [2.05, 4.69) is 40.3 Å². The molecule has 0 unspecified atom stereocenters. The second-order valence-electron chi connectivity index (χ2n) is 6.45. The lowest BCUT2D eigenvalue weighted by Gasteiger charge is -2.29. The summed E-state index contributed by atoms with van der Waals surface area (Å²) in [5.74, 6) is 4.52. The molecule has 0 radical (unpaired) electrons. The van der Waals surface area contributed by atoms with Crippen LogP contribution in [0.4, 0.5) is 11.5 Å². The van der Waals surface area contributed by atoms with Gasteiger partial charge < -0.3 is 19.4 Å². The van der Waals surface area contributed by atoms with Gasteiger partial charge in [0.05, 0.1) is 25.4 Å². The van der Waals surface area contributed by atoms with E-state index in [1.54, 1.807) is 0 Å². The minimum absolute atomic E-state index is 0.631. The van der Waals surface area contributed by atoms with E-state index in [9.17, 15) is 0 Å². The smallest absolute Gasteiger partial charge is 0.152 e. The van der Waals surface area contributed by atoms with Gasteiger partial charge in [0.1, 0.15) is 11.5 Å². The molecule has 1 aliphatic heterocycles. The molecule has 1 saturated heterocycles. The average molecular weight is 313 g/mol. The number of pyridine rings is 1. The zero-order chi connectivity index (χ0) is 15.6. The number of aromatic nitrogens is 1. The largest absolute Gasteiger partial charge is 0.464 e. The maximum absolute atomic E-state index is 5.97. The molecule has 0 aromatic carbocycles. The van der Waals surface area contributed by atoms with E-state index >= 15 is 0 Å². The molecule has 0 amide bonds. The van der Waals surface area contributed by atoms with Crippen LogP contribution < -0.4 is 10.2 Å². The number of hydrogen-bond acceptors (Lipinski definition) is 5. The standard InChI is InChI=1S/C18H23N3O2/c1-13-11-15(13)17-5-4-14(23-17)12-20-16-3-2-6-19-18(16)21-7-9-22-10-8-21/h2-6,13,15,20H,7-12H2,1H3/t13-,15-/m0/s1. The normalized spacial score (nSPS) is 23.8. The minimum Gasteiger partial charge on any atom is -0.464 e. The van der Waals surface area contributed by atoms with Crippen molar-refractivity contribution in [1.82, 2.24) is 4.98 Å². The third-order valence-corrected chi connectivity index (χ3v) is 4.71. The van der Waals surface area contributed by atoms with Crippen LogP contribution in [0, 0.1) is 5.92 Å². The first kappa shape index (κ1) is 14.6. The SMILES string of the molecule is C[C@H]1C[C@@H]1c1ccc(CNc2cccnc2N2CCOCC2)o1. The summed E-state index contributed by atoms with van der Waals surface area (Å²) in [6.45, 7) is 6.25. The van der Waals surface area contributed by atoms with Crippen molar-refractivity contribution >= 4 is 11.5 Å². The van der Waals surface area contributed by atoms with Crippen LogP contribution in [0.25, 0.3) is 0 Å². The molecular weight excluding hydrogens is 290 g/mol. The quantitative estimate of drug-likeness (QED) is 0.918. The summed E-state index contributed by atoms with van der Waals surface area (Å²) in [4.78, 5) is 6.81. The molecule has 2 aromatic rings. The molecule has 122 valence electrons. The maximum Gasteiger partial charge on any atom is 0.152 e. The van der Waals surface area contributed by atoms with Crippen LogP contribution in [0.1, 0.15) is 30.8 Å². The number of anilines is 2. The molecule has 1 aliphatic carbocycles. The summed E-state index contributed by atoms with van der Waals surface area (Å²) in [7, 11) is 0. The summed E-state index contributed by atoms with van der Waals surface area (Å²) >= 11 is 0. The Morgan fingerprint density at radius 2 is 2.09 bits per heavy atom. The molecule has 2 aliphatic rings. The fourth-order valence-corrected chi connectivity index (χ4v) is 3.15. The van der Waals surface area contributed by atoms with Gasteiger partial charge in [-0.05, 0) is 36.6 Å². The van der Waals surface area contributed by atoms with Crippen molar-refractivity contribution in [2.24, 2.45) is 5.92 Å². The van der Waals surface area contributed by atoms with Crippen molar-refractivity contribution < 1.29 is 9.15 Å². The molecule has 5 nitrogen and oxygen atoms in total. The molecule has 0 spiro atoms. The van der Waals surface area contributed by atoms with Crippen LogP contribution in [-0.2, 0) is 11.3 Å². The summed E-state index contributed by atoms with van der Waals surface area (Å²) in [5, 5.41) is 3.47. The van der Waals surface area contributed by atoms with Crippen LogP contribution in [0.5, 0.6) is 0 Å². The Bertz CT molecular complexity index is 664. The van der Waals surface area contributed by atoms with Crippen molar-refractivity contribution in [3.05, 3.63) is 42.0 Å². The second-order valence-corrected chi connectivity index (χ2v) is 6.45. The number of nitrogens with one attached hydrogen (secondary N) is 1. The number of morpholine rings is 1. The van der Waals surface area contributed by atoms with E-state index in [1.807, 2.05) is 12.3 Å². The van der Waals surface area contributed by atoms with E-state index in [4.69, 9.17) is 9.15 Å². The highest BCUT2D eigenvalue weighted by Crippen LogP contribution is 2.47. The Morgan fingerprint density at radius 3 is 2.87 bits per heavy atom. The number of furan rings is 1. The van der Waals surface area contributed by atoms with Crippen molar-refractivity contribution in [3.63, 3.8) is 0 Å². The van der Waals surface area contributed by atoms with Crippen molar-refractivity contribution in [1.29, 1.82) is 0 Å². The van der Waals surface area contributed by atoms with Gasteiger partial charge in [-0.15, -0.1) is 0 Å². The number of nitrogens with zero attached hydrogens (tertiary/aromatic N) is 2. The zero-order valence-corrected chi connectivity index (χ0v) is 13.5. The fourth-order valence-electron chi connectivity index (χ4n) is 3.15. The molecule has 0 bridgehead atoms. The molecule has 23 heavy (non-hydrogen) atoms. The van der Waals surface area contributed by atoms with Crippen LogP contribution >= 0.6 is 0 Å². The van der Waals surface area contributed by atoms with Crippen LogP contribution in [-0.4, -0.2) is 31.3 Å². The third-order valence-electron chi connectivity index (χ3n) is 4.71. The van der Waals surface area contributed by atoms with E-state index in [0.29, 0.717) is 12.5 Å². The Labute approximate surface area is 136 Å². The van der Waals surface area contributed by atoms with Gasteiger partial charge in [-0.3, -0.25) is 0 Å². The molecule has 3 heterocycles. The Kier molecular flexibility index (Phi) is 3.95. The molecule has 1 N–H and O–H groups in total. The molecular formula is C18H23N3O2. The Balaban J connectivity index is 1.43. The van der Waals surface area contributed by atoms with Gasteiger partial charge in [0.25, 0.3) is 0 Å². The topological polar surface area (TPSA) is 50.5 Å². The van der Waals surface area contributed by atoms with Crippen molar-refractivity contribution in [3.8, 4) is 0 Å². The molecule has 2 fully saturated rings. The lowest BCUT2D eigenvalue weighted by Crippen LogP contribution is -2.37. The number of ether oxygens (including phenoxy) is 1. The number of rotatable bonds is 5. The summed E-state index contributed by atoms with van der Waals surface area (Å²) < 4.78 is 11.4. The first-order chi connectivity index (χ1) is 11.3. The minimum atomic E-state index is 0.631. The van der Waals surface area contributed by atoms with Crippen LogP contribution in [0.15, 0.2) is 34.9 Å². The van der Waals surface area contributed by atoms with E-state index in [-0.39, 0.29) is 0 Å². The zero-order valence-electron chi connectivity index (χ0n) is 13.5. The summed E-state index contributed by atoms with van der Waals surface area (Å²) in [6, 6.07) is 8.24. The molecule has 2 aromatic heterocycles. The first-order valence-corrected chi connectivity index (χ1v) is 8.41. The Hall–Kier alpha value is -2.01. The fraction of sp³-hybridized carbons (Fsp3) is 0.500. The van der Waals surface area contributed by atoms with Crippen molar-refractivity contribution in [2.45, 2.75) is 25.8 Å². The van der Waals surface area contributed by atoms with Gasteiger partial charge in [0, 0.05) is 25.2 Å². The highest BCUT2D eigenvalue weighted by atomic mass is 16.5. The highest BCUT2D eigenvalue weighted by molar-refractivity contribution is 5.65. The molecule has 4 rings (SSSR count). The third kappa shape index (κ3) is 3.20. The lowest BCUT2D eigenvalue weighted by molar-refractivity contribution is 0.122. The van der Waals surface area contributed by atoms with Gasteiger partial charge in [0.15, 0.2) is 5.82 Å². The van der Waals surface area contributed by atoms with E-state index in [1.165, 1.54) is 6.42 Å². The highest BCUT2D eigenvalue weighted by Gasteiger charge is 2.36. The summed E-state index contributed by atoms with van der Waals surface area (Å²) in [5.41, 5.74) is 1.05. The Morgan fingerprint density at radius 1 is 1.26 bits per heavy atom. The van der Waals surface area contributed by atoms with E-state index in [0.717, 1.165) is 55.2 Å². The van der Waals surface area contributed by atoms with Gasteiger partial charge in [0.2, 0.25) is 0 Å². The van der Waals surface area contributed by atoms with Crippen LogP contribution in [0.3, 0.4) is 0 Å². The van der Waals surface area contributed by atoms with Gasteiger partial charge >= 0.3 is 0 Å². The van der Waals surface area contributed by atoms with Gasteiger partial charge in [-0.1, -0.05) is 6.92 Å². The lowest BCUT2D eigenvalue weighted by atomic mass is 10.3. The summed E-state index contributed by atoms with van der Waals surface area (Å²) in [6.07, 6.45) is 3.10. The number of hydrogen-bond donors (Lipinski definition) is 1. The molecule has 5 heteroatoms. The molecule has 1 saturated carbocycles. The monoisotopic (exact) mass is 313 g/mol. The van der Waals surface area contributed by atoms with Crippen LogP contribution in [0.2, 0.25) is 0 Å². The maximum atomic E-state index is 5.97. The second kappa shape index (κ2) is 6.24. The predicted molar refractivity (Wildman–Crippen MR) is 89.8 cm³/mol. The predicted octanol–water partition coefficient (Wildman–Crippen LogP) is 3.25.